The van der Waals surface area contributed by atoms with Gasteiger partial charge in [0.2, 0.25) is 0 Å². The van der Waals surface area contributed by atoms with Gasteiger partial charge in [-0.15, -0.1) is 10.2 Å². The van der Waals surface area contributed by atoms with E-state index in [-0.39, 0.29) is 31.3 Å². The summed E-state index contributed by atoms with van der Waals surface area (Å²) in [5.41, 5.74) is 4.14. The zero-order chi connectivity index (χ0) is 33.2. The number of nitrogens with zero attached hydrogens (tertiary/aromatic N) is 1. The van der Waals surface area contributed by atoms with Gasteiger partial charge in [-0.3, -0.25) is 0 Å². The third kappa shape index (κ3) is 3.95. The van der Waals surface area contributed by atoms with Crippen molar-refractivity contribution in [2.45, 2.75) is 47.3 Å². The van der Waals surface area contributed by atoms with Gasteiger partial charge in [-0.2, -0.15) is 0 Å². The lowest BCUT2D eigenvalue weighted by atomic mass is 9.04. The molecule has 0 aliphatic carbocycles. The number of hydrogen-bond acceptors (Lipinski definition) is 4. The molecule has 2 aliphatic rings. The van der Waals surface area contributed by atoms with Crippen molar-refractivity contribution in [3.63, 3.8) is 0 Å². The van der Waals surface area contributed by atoms with Gasteiger partial charge in [-0.05, 0) is 27.0 Å². The first-order chi connectivity index (χ1) is 18.5. The van der Waals surface area contributed by atoms with Gasteiger partial charge in [0.1, 0.15) is 92.1 Å². The highest BCUT2D eigenvalue weighted by Gasteiger charge is 2.72. The van der Waals surface area contributed by atoms with E-state index >= 15 is 4.79 Å². The number of ketones is 1. The summed E-state index contributed by atoms with van der Waals surface area (Å²) in [5.74, 6) is 1.92. The number of carbonyl (C=O) groups is 1. The topological polar surface area (TPSA) is 38.8 Å². The van der Waals surface area contributed by atoms with Crippen LogP contribution in [0, 0.1) is 0 Å². The van der Waals surface area contributed by atoms with E-state index in [2.05, 4.69) is 154 Å². The Hall–Kier alpha value is -0.316. The zero-order valence-electron chi connectivity index (χ0n) is 31.4. The molecule has 0 bridgehead atoms. The summed E-state index contributed by atoms with van der Waals surface area (Å²) in [6.07, 6.45) is 0. The highest BCUT2D eigenvalue weighted by atomic mass is 16.5. The van der Waals surface area contributed by atoms with Crippen molar-refractivity contribution in [2.24, 2.45) is 0 Å². The number of rotatable bonds is 6. The Balaban J connectivity index is 2.55. The molecule has 2 aliphatic heterocycles. The Morgan fingerprint density at radius 2 is 1.05 bits per heavy atom. The van der Waals surface area contributed by atoms with E-state index in [0.717, 1.165) is 22.4 Å². The molecule has 1 aromatic rings. The van der Waals surface area contributed by atoms with Gasteiger partial charge in [0.15, 0.2) is 11.5 Å². The maximum atomic E-state index is 15.5. The summed E-state index contributed by atoms with van der Waals surface area (Å²) in [4.78, 5) is 18.3. The van der Waals surface area contributed by atoms with Crippen LogP contribution in [-0.4, -0.2) is 186 Å². The first-order valence-electron chi connectivity index (χ1n) is 16.0. The van der Waals surface area contributed by atoms with Crippen molar-refractivity contribution in [1.29, 1.82) is 0 Å². The largest absolute Gasteiger partial charge is 0.493 e. The Morgan fingerprint density at radius 1 is 0.667 bits per heavy atom. The minimum Gasteiger partial charge on any atom is -0.493 e. The van der Waals surface area contributed by atoms with Gasteiger partial charge in [-0.25, -0.2) is 0 Å². The van der Waals surface area contributed by atoms with E-state index in [9.17, 15) is 0 Å². The molecule has 0 amide bonds. The molecular weight excluding hydrogens is 496 g/mol. The maximum absolute atomic E-state index is 15.5. The van der Waals surface area contributed by atoms with Crippen LogP contribution in [0.25, 0.3) is 0 Å². The highest BCUT2D eigenvalue weighted by molar-refractivity contribution is 6.73. The molecule has 23 heteroatoms. The van der Waals surface area contributed by atoms with E-state index in [0.29, 0.717) is 12.3 Å². The van der Waals surface area contributed by atoms with Crippen LogP contribution in [0.3, 0.4) is 0 Å². The van der Waals surface area contributed by atoms with Crippen LogP contribution < -0.4 is 20.4 Å². The van der Waals surface area contributed by atoms with Crippen molar-refractivity contribution < 1.29 is 14.3 Å². The van der Waals surface area contributed by atoms with Gasteiger partial charge in [0.05, 0.1) is 77.0 Å². The molecule has 0 aromatic heterocycles. The molecule has 42 heavy (non-hydrogen) atoms. The molecule has 0 spiro atoms. The molecule has 1 fully saturated rings. The van der Waals surface area contributed by atoms with Gasteiger partial charge in [0.25, 0.3) is 0 Å². The van der Waals surface area contributed by atoms with Gasteiger partial charge >= 0.3 is 0 Å². The number of hydrogen-bond donors (Lipinski definition) is 0. The molecule has 2 heterocycles. The van der Waals surface area contributed by atoms with Gasteiger partial charge < -0.3 is 19.2 Å². The number of piperidine rings is 1. The quantitative estimate of drug-likeness (QED) is 0.336. The second kappa shape index (κ2) is 9.84. The zero-order valence-corrected chi connectivity index (χ0v) is 31.4. The highest BCUT2D eigenvalue weighted by Crippen LogP contribution is 2.76. The predicted molar refractivity (Wildman–Crippen MR) is 235 cm³/mol. The van der Waals surface area contributed by atoms with Crippen molar-refractivity contribution >= 4 is 166 Å². The lowest BCUT2D eigenvalue weighted by Gasteiger charge is -2.76. The van der Waals surface area contributed by atoms with E-state index in [1.54, 1.807) is 14.2 Å². The second-order valence-corrected chi connectivity index (χ2v) is 18.4. The Kier molecular flexibility index (Phi) is 8.47. The van der Waals surface area contributed by atoms with Crippen LogP contribution in [0.2, 0.25) is 31.3 Å². The second-order valence-electron chi connectivity index (χ2n) is 18.4. The van der Waals surface area contributed by atoms with Crippen molar-refractivity contribution in [3.8, 4) is 11.5 Å². The summed E-state index contributed by atoms with van der Waals surface area (Å²) in [5, 5.41) is -2.42. The molecular formula is C19H46B19NO3. The molecule has 2 unspecified atom stereocenters. The SMILES string of the molecule is Bc1c(OC)c(OC)c(B)c2c1C(B)(B)C(B)(B)N1CC(B)(C(B)(B)C(B)(C(B)(B)B)C(B)(B)B)C(=O)C(B)(B)C21B. The molecule has 3 rings (SSSR count). The standard InChI is InChI=1S/C19H46B19NO3/c1-41-8-6(20)4-5(7(21)9(8)42-2)14(27)13(25,26)10(40)11(22,3-39(14)19(37,38)12(4,23)24)16(29,30)15(28,17(31,32)33)18(34,35)36/h3,20-38H2,1-2H3. The number of methoxy groups -OCH3 is 2. The van der Waals surface area contributed by atoms with E-state index in [1.165, 1.54) is 11.1 Å². The fourth-order valence-electron chi connectivity index (χ4n) is 10.5. The number of benzene rings is 1. The summed E-state index contributed by atoms with van der Waals surface area (Å²) in [7, 11) is 47.8. The number of fused-ring (bicyclic) bond motifs is 3. The smallest absolute Gasteiger partial charge is 0.154 e. The minimum atomic E-state index is -0.701. The number of Topliss-reactive ketones (excluding diaryl/α,β-unsaturated/α-hetero) is 1. The third-order valence-electron chi connectivity index (χ3n) is 14.5. The average molecular weight is 542 g/mol. The molecule has 0 N–H and O–H groups in total. The fraction of sp³-hybridized carbons (Fsp3) is 0.632. The Morgan fingerprint density at radius 3 is 1.40 bits per heavy atom. The van der Waals surface area contributed by atoms with Crippen LogP contribution in [0.15, 0.2) is 0 Å². The van der Waals surface area contributed by atoms with Crippen LogP contribution >= 0.6 is 0 Å². The third-order valence-corrected chi connectivity index (χ3v) is 14.5. The summed E-state index contributed by atoms with van der Waals surface area (Å²) in [6.45, 7) is 0.684. The monoisotopic (exact) mass is 546 g/mol. The average Bonchev–Trinajstić information content (AvgIpc) is 2.82. The molecule has 1 saturated heterocycles. The first kappa shape index (κ1) is 36.2. The summed E-state index contributed by atoms with van der Waals surface area (Å²) in [6, 6.07) is 0. The molecule has 0 saturated carbocycles. The van der Waals surface area contributed by atoms with Crippen molar-refractivity contribution in [2.75, 3.05) is 20.8 Å². The lowest BCUT2D eigenvalue weighted by Crippen LogP contribution is -2.82. The van der Waals surface area contributed by atoms with Crippen LogP contribution in [0.5, 0.6) is 11.5 Å². The van der Waals surface area contributed by atoms with Crippen molar-refractivity contribution in [1.82, 2.24) is 4.90 Å². The van der Waals surface area contributed by atoms with Gasteiger partial charge in [0, 0.05) is 17.3 Å². The number of carbonyl (C=O) groups excluding carboxylic acids is 1. The fourth-order valence-corrected chi connectivity index (χ4v) is 10.5. The van der Waals surface area contributed by atoms with Crippen LogP contribution in [0.1, 0.15) is 11.1 Å². The molecule has 202 valence electrons. The maximum Gasteiger partial charge on any atom is 0.154 e. The Bertz CT molecular complexity index is 1310. The molecule has 0 radical (unpaired) electrons. The van der Waals surface area contributed by atoms with Crippen LogP contribution in [-0.2, 0) is 15.4 Å². The lowest BCUT2D eigenvalue weighted by molar-refractivity contribution is -0.133. The normalized spacial score (nSPS) is 27.3. The number of ether oxygens (including phenoxy) is 2. The molecule has 2 atom stereocenters. The summed E-state index contributed by atoms with van der Waals surface area (Å²) < 4.78 is 12.0. The minimum absolute atomic E-state index is 0.0379. The predicted octanol–water partition coefficient (Wildman–Crippen LogP) is -17.5. The van der Waals surface area contributed by atoms with Crippen molar-refractivity contribution in [3.05, 3.63) is 11.1 Å². The Labute approximate surface area is 274 Å². The first-order valence-corrected chi connectivity index (χ1v) is 16.0. The molecule has 1 aromatic carbocycles. The summed E-state index contributed by atoms with van der Waals surface area (Å²) >= 11 is 0. The van der Waals surface area contributed by atoms with Gasteiger partial charge in [-0.1, -0.05) is 21.3 Å². The van der Waals surface area contributed by atoms with E-state index < -0.39 is 16.0 Å². The van der Waals surface area contributed by atoms with E-state index in [4.69, 9.17) is 9.47 Å². The van der Waals surface area contributed by atoms with Crippen LogP contribution in [0.4, 0.5) is 0 Å². The van der Waals surface area contributed by atoms with E-state index in [1.807, 2.05) is 0 Å². The molecule has 4 nitrogen and oxygen atoms in total.